The minimum Gasteiger partial charge on any atom is -0.453 e. The van der Waals surface area contributed by atoms with Crippen LogP contribution in [0.15, 0.2) is 54.6 Å². The molecule has 4 nitrogen and oxygen atoms in total. The van der Waals surface area contributed by atoms with E-state index in [4.69, 9.17) is 4.74 Å². The predicted molar refractivity (Wildman–Crippen MR) is 120 cm³/mol. The SMILES string of the molecule is CC(C)c1ccc(C(C)(C)[C@H]2CCCC[C@@H]2OC(=O)C(=[N+]=[N-])c2ccccc2)cc1. The second-order valence-electron chi connectivity index (χ2n) is 9.15. The molecule has 0 radical (unpaired) electrons. The Hall–Kier alpha value is -2.71. The van der Waals surface area contributed by atoms with Crippen LogP contribution in [0.5, 0.6) is 0 Å². The Morgan fingerprint density at radius 2 is 1.67 bits per heavy atom. The molecule has 1 saturated carbocycles. The van der Waals surface area contributed by atoms with Gasteiger partial charge < -0.3 is 10.3 Å². The molecule has 3 rings (SSSR count). The molecule has 0 aromatic heterocycles. The van der Waals surface area contributed by atoms with E-state index in [2.05, 4.69) is 56.8 Å². The van der Waals surface area contributed by atoms with Crippen LogP contribution >= 0.6 is 0 Å². The van der Waals surface area contributed by atoms with Crippen LogP contribution in [0, 0.1) is 5.92 Å². The van der Waals surface area contributed by atoms with Crippen molar-refractivity contribution >= 4 is 11.7 Å². The zero-order valence-electron chi connectivity index (χ0n) is 18.5. The van der Waals surface area contributed by atoms with Gasteiger partial charge >= 0.3 is 11.7 Å². The van der Waals surface area contributed by atoms with Crippen molar-refractivity contribution in [3.63, 3.8) is 0 Å². The summed E-state index contributed by atoms with van der Waals surface area (Å²) in [5.41, 5.74) is 12.4. The molecule has 30 heavy (non-hydrogen) atoms. The third kappa shape index (κ3) is 4.71. The molecule has 1 fully saturated rings. The van der Waals surface area contributed by atoms with Gasteiger partial charge in [-0.15, -0.1) is 0 Å². The van der Waals surface area contributed by atoms with Crippen LogP contribution < -0.4 is 0 Å². The second kappa shape index (κ2) is 9.40. The standard InChI is InChI=1S/C26H32N2O2/c1-18(2)19-14-16-21(17-15-19)26(3,4)22-12-8-9-13-23(22)30-25(29)24(28-27)20-10-6-5-7-11-20/h5-7,10-11,14-18,22-23H,8-9,12-13H2,1-4H3/t22-,23-/m0/s1. The number of ether oxygens (including phenoxy) is 1. The van der Waals surface area contributed by atoms with Gasteiger partial charge in [0.25, 0.3) is 0 Å². The maximum absolute atomic E-state index is 12.9. The number of carbonyl (C=O) groups is 1. The summed E-state index contributed by atoms with van der Waals surface area (Å²) in [6.45, 7) is 8.88. The van der Waals surface area contributed by atoms with Crippen LogP contribution in [-0.2, 0) is 14.9 Å². The average Bonchev–Trinajstić information content (AvgIpc) is 2.75. The third-order valence-electron chi connectivity index (χ3n) is 6.55. The van der Waals surface area contributed by atoms with Gasteiger partial charge in [0.1, 0.15) is 6.10 Å². The van der Waals surface area contributed by atoms with Crippen molar-refractivity contribution in [2.45, 2.75) is 70.8 Å². The van der Waals surface area contributed by atoms with Crippen LogP contribution in [0.4, 0.5) is 0 Å². The van der Waals surface area contributed by atoms with Crippen LogP contribution in [0.2, 0.25) is 0 Å². The van der Waals surface area contributed by atoms with Gasteiger partial charge in [-0.25, -0.2) is 4.79 Å². The Morgan fingerprint density at radius 1 is 1.03 bits per heavy atom. The van der Waals surface area contributed by atoms with E-state index < -0.39 is 5.97 Å². The van der Waals surface area contributed by atoms with Crippen molar-refractivity contribution in [3.05, 3.63) is 76.8 Å². The lowest BCUT2D eigenvalue weighted by atomic mass is 9.66. The summed E-state index contributed by atoms with van der Waals surface area (Å²) in [7, 11) is 0. The predicted octanol–water partition coefficient (Wildman–Crippen LogP) is 5.91. The summed E-state index contributed by atoms with van der Waals surface area (Å²) in [6.07, 6.45) is 3.80. The van der Waals surface area contributed by atoms with Crippen molar-refractivity contribution < 1.29 is 14.3 Å². The minimum absolute atomic E-state index is 0.0426. The van der Waals surface area contributed by atoms with Gasteiger partial charge in [-0.1, -0.05) is 76.6 Å². The Kier molecular flexibility index (Phi) is 6.89. The van der Waals surface area contributed by atoms with Crippen molar-refractivity contribution in [2.75, 3.05) is 0 Å². The first-order chi connectivity index (χ1) is 14.3. The van der Waals surface area contributed by atoms with E-state index in [1.54, 1.807) is 24.3 Å². The van der Waals surface area contributed by atoms with Gasteiger partial charge in [0.2, 0.25) is 0 Å². The molecule has 2 aromatic rings. The van der Waals surface area contributed by atoms with E-state index in [0.717, 1.165) is 25.7 Å². The molecule has 0 saturated heterocycles. The summed E-state index contributed by atoms with van der Waals surface area (Å²) in [5.74, 6) is 0.141. The average molecular weight is 405 g/mol. The first kappa shape index (κ1) is 22.0. The highest BCUT2D eigenvalue weighted by atomic mass is 16.5. The fourth-order valence-corrected chi connectivity index (χ4v) is 4.58. The van der Waals surface area contributed by atoms with Gasteiger partial charge in [-0.3, -0.25) is 0 Å². The number of carbonyl (C=O) groups excluding carboxylic acids is 1. The largest absolute Gasteiger partial charge is 0.453 e. The number of hydrogen-bond donors (Lipinski definition) is 0. The quantitative estimate of drug-likeness (QED) is 0.260. The van der Waals surface area contributed by atoms with E-state index in [0.29, 0.717) is 11.5 Å². The Labute approximate surface area is 179 Å². The van der Waals surface area contributed by atoms with Crippen LogP contribution in [0.1, 0.15) is 76.0 Å². The molecule has 0 unspecified atom stereocenters. The fraction of sp³-hybridized carbons (Fsp3) is 0.462. The Balaban J connectivity index is 1.81. The van der Waals surface area contributed by atoms with Gasteiger partial charge in [-0.05, 0) is 53.9 Å². The summed E-state index contributed by atoms with van der Waals surface area (Å²) >= 11 is 0. The fourth-order valence-electron chi connectivity index (χ4n) is 4.58. The lowest BCUT2D eigenvalue weighted by Crippen LogP contribution is -2.43. The molecule has 0 amide bonds. The topological polar surface area (TPSA) is 62.7 Å². The van der Waals surface area contributed by atoms with E-state index in [1.165, 1.54) is 11.1 Å². The third-order valence-corrected chi connectivity index (χ3v) is 6.55. The molecule has 0 spiro atoms. The summed E-state index contributed by atoms with van der Waals surface area (Å²) < 4.78 is 5.95. The lowest BCUT2D eigenvalue weighted by molar-refractivity contribution is -0.151. The monoisotopic (exact) mass is 404 g/mol. The second-order valence-corrected chi connectivity index (χ2v) is 9.15. The summed E-state index contributed by atoms with van der Waals surface area (Å²) in [5, 5.41) is 0. The molecule has 0 bridgehead atoms. The maximum Gasteiger partial charge on any atom is 0.422 e. The van der Waals surface area contributed by atoms with Crippen LogP contribution in [0.3, 0.4) is 0 Å². The molecule has 0 heterocycles. The first-order valence-electron chi connectivity index (χ1n) is 10.9. The Bertz CT molecular complexity index is 910. The normalized spacial score (nSPS) is 19.2. The molecule has 2 atom stereocenters. The molecular weight excluding hydrogens is 372 g/mol. The van der Waals surface area contributed by atoms with Crippen molar-refractivity contribution in [2.24, 2.45) is 5.92 Å². The number of esters is 1. The highest BCUT2D eigenvalue weighted by molar-refractivity contribution is 6.40. The van der Waals surface area contributed by atoms with E-state index in [1.807, 2.05) is 6.07 Å². The molecule has 4 heteroatoms. The molecule has 158 valence electrons. The number of nitrogens with zero attached hydrogens (tertiary/aromatic N) is 2. The summed E-state index contributed by atoms with van der Waals surface area (Å²) in [6, 6.07) is 17.8. The zero-order valence-corrected chi connectivity index (χ0v) is 18.5. The van der Waals surface area contributed by atoms with Crippen LogP contribution in [-0.4, -0.2) is 22.6 Å². The molecule has 1 aliphatic carbocycles. The number of hydrogen-bond acceptors (Lipinski definition) is 2. The lowest BCUT2D eigenvalue weighted by Gasteiger charge is -2.42. The van der Waals surface area contributed by atoms with E-state index >= 15 is 0 Å². The van der Waals surface area contributed by atoms with E-state index in [-0.39, 0.29) is 23.1 Å². The molecular formula is C26H32N2O2. The van der Waals surface area contributed by atoms with Crippen LogP contribution in [0.25, 0.3) is 5.53 Å². The van der Waals surface area contributed by atoms with Gasteiger partial charge in [0.15, 0.2) is 0 Å². The van der Waals surface area contributed by atoms with Crippen molar-refractivity contribution in [1.82, 2.24) is 0 Å². The highest BCUT2D eigenvalue weighted by Gasteiger charge is 2.41. The maximum atomic E-state index is 12.9. The number of rotatable bonds is 6. The van der Waals surface area contributed by atoms with E-state index in [9.17, 15) is 10.3 Å². The van der Waals surface area contributed by atoms with Crippen molar-refractivity contribution in [1.29, 1.82) is 0 Å². The molecule has 2 aromatic carbocycles. The smallest absolute Gasteiger partial charge is 0.422 e. The summed E-state index contributed by atoms with van der Waals surface area (Å²) in [4.78, 5) is 16.1. The molecule has 1 aliphatic rings. The molecule has 0 N–H and O–H groups in total. The van der Waals surface area contributed by atoms with Gasteiger partial charge in [0.05, 0.1) is 5.56 Å². The van der Waals surface area contributed by atoms with Crippen molar-refractivity contribution in [3.8, 4) is 0 Å². The highest BCUT2D eigenvalue weighted by Crippen LogP contribution is 2.42. The van der Waals surface area contributed by atoms with Gasteiger partial charge in [-0.2, -0.15) is 4.79 Å². The Morgan fingerprint density at radius 3 is 2.27 bits per heavy atom. The first-order valence-corrected chi connectivity index (χ1v) is 10.9. The number of benzene rings is 2. The minimum atomic E-state index is -0.563. The molecule has 0 aliphatic heterocycles. The van der Waals surface area contributed by atoms with Gasteiger partial charge in [0, 0.05) is 5.92 Å². The zero-order chi connectivity index (χ0) is 21.7.